The zero-order chi connectivity index (χ0) is 13.4. The number of likely N-dealkylation sites (N-methyl/N-ethyl adjacent to an activating group) is 1. The van der Waals surface area contributed by atoms with Crippen LogP contribution in [0.3, 0.4) is 0 Å². The van der Waals surface area contributed by atoms with E-state index in [1.165, 1.54) is 12.8 Å². The first-order valence-electron chi connectivity index (χ1n) is 7.75. The topological polar surface area (TPSA) is 32.3 Å². The zero-order valence-electron chi connectivity index (χ0n) is 12.4. The highest BCUT2D eigenvalue weighted by Gasteiger charge is 2.25. The van der Waals surface area contributed by atoms with Crippen molar-refractivity contribution < 1.29 is 4.79 Å². The second-order valence-corrected chi connectivity index (χ2v) is 5.44. The molecular formula is C15H30N2O. The molecule has 0 aromatic heterocycles. The Morgan fingerprint density at radius 1 is 1.28 bits per heavy atom. The molecule has 0 radical (unpaired) electrons. The Kier molecular flexibility index (Phi) is 7.33. The summed E-state index contributed by atoms with van der Waals surface area (Å²) in [6.45, 7) is 9.31. The lowest BCUT2D eigenvalue weighted by Crippen LogP contribution is -2.43. The van der Waals surface area contributed by atoms with Crippen LogP contribution in [-0.2, 0) is 4.79 Å². The summed E-state index contributed by atoms with van der Waals surface area (Å²) in [5.41, 5.74) is 0. The maximum Gasteiger partial charge on any atom is 0.225 e. The first kappa shape index (κ1) is 15.5. The summed E-state index contributed by atoms with van der Waals surface area (Å²) in [4.78, 5) is 14.6. The van der Waals surface area contributed by atoms with Gasteiger partial charge in [0.1, 0.15) is 0 Å². The van der Waals surface area contributed by atoms with Crippen molar-refractivity contribution >= 4 is 5.91 Å². The van der Waals surface area contributed by atoms with E-state index in [4.69, 9.17) is 0 Å². The van der Waals surface area contributed by atoms with E-state index in [9.17, 15) is 4.79 Å². The molecule has 0 aromatic carbocycles. The van der Waals surface area contributed by atoms with Gasteiger partial charge in [0.2, 0.25) is 5.91 Å². The molecule has 1 fully saturated rings. The quantitative estimate of drug-likeness (QED) is 0.722. The summed E-state index contributed by atoms with van der Waals surface area (Å²) in [5, 5.41) is 3.49. The van der Waals surface area contributed by atoms with Crippen molar-refractivity contribution in [3.63, 3.8) is 0 Å². The molecule has 1 heterocycles. The molecule has 1 rings (SSSR count). The van der Waals surface area contributed by atoms with Crippen LogP contribution in [0.2, 0.25) is 0 Å². The summed E-state index contributed by atoms with van der Waals surface area (Å²) in [5.74, 6) is 0.635. The van der Waals surface area contributed by atoms with E-state index in [1.54, 1.807) is 0 Å². The minimum absolute atomic E-state index is 0.251. The molecule has 0 aliphatic carbocycles. The van der Waals surface area contributed by atoms with Gasteiger partial charge in [-0.3, -0.25) is 4.79 Å². The van der Waals surface area contributed by atoms with Crippen LogP contribution >= 0.6 is 0 Å². The van der Waals surface area contributed by atoms with E-state index in [2.05, 4.69) is 31.0 Å². The molecule has 0 spiro atoms. The van der Waals surface area contributed by atoms with Gasteiger partial charge in [0, 0.05) is 25.0 Å². The maximum atomic E-state index is 12.5. The molecule has 1 aliphatic heterocycles. The Bertz CT molecular complexity index is 231. The van der Waals surface area contributed by atoms with Crippen molar-refractivity contribution in [1.29, 1.82) is 0 Å². The van der Waals surface area contributed by atoms with Gasteiger partial charge in [0.15, 0.2) is 0 Å². The smallest absolute Gasteiger partial charge is 0.225 e. The zero-order valence-corrected chi connectivity index (χ0v) is 12.4. The second-order valence-electron chi connectivity index (χ2n) is 5.44. The average molecular weight is 254 g/mol. The van der Waals surface area contributed by atoms with Gasteiger partial charge in [0.25, 0.3) is 0 Å². The van der Waals surface area contributed by atoms with E-state index in [0.717, 1.165) is 45.3 Å². The third kappa shape index (κ3) is 4.60. The highest BCUT2D eigenvalue weighted by Crippen LogP contribution is 2.18. The Balaban J connectivity index is 2.51. The van der Waals surface area contributed by atoms with Crippen molar-refractivity contribution in [1.82, 2.24) is 10.2 Å². The molecule has 1 atom stereocenters. The number of carbonyl (C=O) groups is 1. The van der Waals surface area contributed by atoms with Gasteiger partial charge in [-0.25, -0.2) is 0 Å². The first-order chi connectivity index (χ1) is 8.72. The highest BCUT2D eigenvalue weighted by atomic mass is 16.2. The lowest BCUT2D eigenvalue weighted by Gasteiger charge is -2.28. The summed E-state index contributed by atoms with van der Waals surface area (Å²) >= 11 is 0. The molecule has 3 nitrogen and oxygen atoms in total. The molecular weight excluding hydrogens is 224 g/mol. The van der Waals surface area contributed by atoms with Crippen LogP contribution in [0.25, 0.3) is 0 Å². The van der Waals surface area contributed by atoms with Crippen LogP contribution in [0.1, 0.15) is 59.3 Å². The Hall–Kier alpha value is -0.570. The summed E-state index contributed by atoms with van der Waals surface area (Å²) in [7, 11) is 0. The van der Waals surface area contributed by atoms with Crippen molar-refractivity contribution in [2.45, 2.75) is 65.3 Å². The van der Waals surface area contributed by atoms with Crippen LogP contribution in [0.15, 0.2) is 0 Å². The van der Waals surface area contributed by atoms with Gasteiger partial charge in [-0.15, -0.1) is 0 Å². The predicted molar refractivity (Wildman–Crippen MR) is 76.6 cm³/mol. The number of rotatable bonds is 8. The molecule has 0 bridgehead atoms. The largest absolute Gasteiger partial charge is 0.341 e. The SMILES string of the molecule is CCCC(CCC)C(=O)N(CC)CC1CCCN1. The van der Waals surface area contributed by atoms with E-state index >= 15 is 0 Å². The monoisotopic (exact) mass is 254 g/mol. The third-order valence-electron chi connectivity index (χ3n) is 3.92. The van der Waals surface area contributed by atoms with Gasteiger partial charge in [0.05, 0.1) is 0 Å². The molecule has 1 N–H and O–H groups in total. The van der Waals surface area contributed by atoms with Gasteiger partial charge < -0.3 is 10.2 Å². The van der Waals surface area contributed by atoms with E-state index in [0.29, 0.717) is 11.9 Å². The molecule has 1 amide bonds. The van der Waals surface area contributed by atoms with E-state index in [1.807, 2.05) is 0 Å². The molecule has 0 saturated carbocycles. The summed E-state index contributed by atoms with van der Waals surface area (Å²) in [6, 6.07) is 0.526. The van der Waals surface area contributed by atoms with Crippen LogP contribution in [0, 0.1) is 5.92 Å². The Labute approximate surface area is 112 Å². The fraction of sp³-hybridized carbons (Fsp3) is 0.933. The molecule has 1 unspecified atom stereocenters. The summed E-state index contributed by atoms with van der Waals surface area (Å²) < 4.78 is 0. The normalized spacial score (nSPS) is 19.4. The minimum Gasteiger partial charge on any atom is -0.341 e. The third-order valence-corrected chi connectivity index (χ3v) is 3.92. The lowest BCUT2D eigenvalue weighted by molar-refractivity contribution is -0.136. The molecule has 1 aliphatic rings. The van der Waals surface area contributed by atoms with Gasteiger partial charge in [-0.05, 0) is 39.2 Å². The van der Waals surface area contributed by atoms with Crippen LogP contribution in [-0.4, -0.2) is 36.5 Å². The first-order valence-corrected chi connectivity index (χ1v) is 7.75. The van der Waals surface area contributed by atoms with Crippen molar-refractivity contribution in [3.05, 3.63) is 0 Å². The van der Waals surface area contributed by atoms with E-state index < -0.39 is 0 Å². The number of amides is 1. The van der Waals surface area contributed by atoms with Crippen LogP contribution in [0.4, 0.5) is 0 Å². The van der Waals surface area contributed by atoms with Gasteiger partial charge in [-0.1, -0.05) is 26.7 Å². The van der Waals surface area contributed by atoms with Gasteiger partial charge >= 0.3 is 0 Å². The fourth-order valence-corrected chi connectivity index (χ4v) is 2.90. The van der Waals surface area contributed by atoms with E-state index in [-0.39, 0.29) is 5.92 Å². The highest BCUT2D eigenvalue weighted by molar-refractivity contribution is 5.78. The average Bonchev–Trinajstić information content (AvgIpc) is 2.87. The predicted octanol–water partition coefficient (Wildman–Crippen LogP) is 2.80. The standard InChI is InChI=1S/C15H30N2O/c1-4-8-13(9-5-2)15(18)17(6-3)12-14-10-7-11-16-14/h13-14,16H,4-12H2,1-3H3. The molecule has 0 aromatic rings. The Morgan fingerprint density at radius 2 is 1.94 bits per heavy atom. The number of nitrogens with zero attached hydrogens (tertiary/aromatic N) is 1. The number of carbonyl (C=O) groups excluding carboxylic acids is 1. The van der Waals surface area contributed by atoms with Gasteiger partial charge in [-0.2, -0.15) is 0 Å². The summed E-state index contributed by atoms with van der Waals surface area (Å²) in [6.07, 6.45) is 6.77. The molecule has 18 heavy (non-hydrogen) atoms. The second kappa shape index (κ2) is 8.52. The molecule has 3 heteroatoms. The Morgan fingerprint density at radius 3 is 2.39 bits per heavy atom. The number of hydrogen-bond acceptors (Lipinski definition) is 2. The molecule has 106 valence electrons. The number of hydrogen-bond donors (Lipinski definition) is 1. The van der Waals surface area contributed by atoms with Crippen molar-refractivity contribution in [2.75, 3.05) is 19.6 Å². The van der Waals surface area contributed by atoms with Crippen molar-refractivity contribution in [2.24, 2.45) is 5.92 Å². The lowest BCUT2D eigenvalue weighted by atomic mass is 9.96. The van der Waals surface area contributed by atoms with Crippen LogP contribution in [0.5, 0.6) is 0 Å². The fourth-order valence-electron chi connectivity index (χ4n) is 2.90. The maximum absolute atomic E-state index is 12.5. The number of nitrogens with one attached hydrogen (secondary N) is 1. The van der Waals surface area contributed by atoms with Crippen LogP contribution < -0.4 is 5.32 Å². The minimum atomic E-state index is 0.251. The molecule has 1 saturated heterocycles. The van der Waals surface area contributed by atoms with Crippen molar-refractivity contribution in [3.8, 4) is 0 Å².